The fourth-order valence-corrected chi connectivity index (χ4v) is 1.54. The Kier molecular flexibility index (Phi) is 4.17. The van der Waals surface area contributed by atoms with E-state index in [1.54, 1.807) is 6.92 Å². The Morgan fingerprint density at radius 3 is 2.73 bits per heavy atom. The summed E-state index contributed by atoms with van der Waals surface area (Å²) in [5, 5.41) is 5.59. The Balaban J connectivity index is 2.44. The largest absolute Gasteiger partial charge is 0.293 e. The van der Waals surface area contributed by atoms with Gasteiger partial charge in [-0.2, -0.15) is 5.10 Å². The molecular weight excluding hydrogens is 212 g/mol. The highest BCUT2D eigenvalue weighted by Crippen LogP contribution is 2.08. The normalized spacial score (nSPS) is 11.2. The van der Waals surface area contributed by atoms with Crippen LogP contribution in [0.2, 0.25) is 0 Å². The van der Waals surface area contributed by atoms with Crippen molar-refractivity contribution in [2.45, 2.75) is 20.3 Å². The smallest absolute Gasteiger partial charge is 0.245 e. The molecule has 80 valence electrons. The fourth-order valence-electron chi connectivity index (χ4n) is 0.836. The molecule has 0 spiro atoms. The number of nitrogens with one attached hydrogen (secondary N) is 1. The Labute approximate surface area is 92.0 Å². The molecule has 0 aliphatic heterocycles. The van der Waals surface area contributed by atoms with Gasteiger partial charge in [-0.3, -0.25) is 9.59 Å². The molecule has 0 aliphatic rings. The average molecular weight is 224 g/mol. The van der Waals surface area contributed by atoms with Gasteiger partial charge in [0.25, 0.3) is 0 Å². The number of hydrogen-bond acceptors (Lipinski definition) is 4. The van der Waals surface area contributed by atoms with Crippen LogP contribution in [0, 0.1) is 0 Å². The molecule has 4 nitrogen and oxygen atoms in total. The second-order valence-corrected chi connectivity index (χ2v) is 4.08. The van der Waals surface area contributed by atoms with Crippen molar-refractivity contribution >= 4 is 28.7 Å². The zero-order chi connectivity index (χ0) is 11.3. The summed E-state index contributed by atoms with van der Waals surface area (Å²) in [5.74, 6) is -0.357. The van der Waals surface area contributed by atoms with Crippen molar-refractivity contribution in [2.75, 3.05) is 0 Å². The number of thiophene rings is 1. The fraction of sp³-hybridized carbons (Fsp3) is 0.300. The van der Waals surface area contributed by atoms with E-state index in [-0.39, 0.29) is 11.7 Å². The molecule has 0 atom stereocenters. The molecule has 0 aromatic carbocycles. The van der Waals surface area contributed by atoms with Crippen LogP contribution >= 0.6 is 11.3 Å². The van der Waals surface area contributed by atoms with Crippen LogP contribution in [-0.4, -0.2) is 17.4 Å². The molecule has 0 fully saturated rings. The molecule has 15 heavy (non-hydrogen) atoms. The zero-order valence-electron chi connectivity index (χ0n) is 8.61. The summed E-state index contributed by atoms with van der Waals surface area (Å²) >= 11 is 1.52. The van der Waals surface area contributed by atoms with Crippen LogP contribution in [-0.2, 0) is 16.0 Å². The third kappa shape index (κ3) is 4.03. The van der Waals surface area contributed by atoms with Gasteiger partial charge >= 0.3 is 0 Å². The Morgan fingerprint density at radius 1 is 1.47 bits per heavy atom. The number of ketones is 1. The van der Waals surface area contributed by atoms with Gasteiger partial charge in [0.2, 0.25) is 5.91 Å². The van der Waals surface area contributed by atoms with Gasteiger partial charge in [-0.1, -0.05) is 6.07 Å². The highest BCUT2D eigenvalue weighted by atomic mass is 32.1. The predicted octanol–water partition coefficient (Wildman–Crippen LogP) is 1.37. The maximum absolute atomic E-state index is 11.3. The Bertz CT molecular complexity index is 382. The van der Waals surface area contributed by atoms with E-state index in [4.69, 9.17) is 0 Å². The lowest BCUT2D eigenvalue weighted by Gasteiger charge is -1.98. The summed E-state index contributed by atoms with van der Waals surface area (Å²) in [4.78, 5) is 23.1. The van der Waals surface area contributed by atoms with E-state index < -0.39 is 0 Å². The molecule has 0 saturated carbocycles. The molecule has 0 saturated heterocycles. The first-order chi connectivity index (χ1) is 7.09. The van der Waals surface area contributed by atoms with Crippen LogP contribution in [0.1, 0.15) is 18.7 Å². The van der Waals surface area contributed by atoms with Crippen molar-refractivity contribution in [3.8, 4) is 0 Å². The molecular formula is C10H12N2O2S. The lowest BCUT2D eigenvalue weighted by atomic mass is 10.3. The van der Waals surface area contributed by atoms with Crippen LogP contribution in [0.15, 0.2) is 22.6 Å². The maximum atomic E-state index is 11.3. The topological polar surface area (TPSA) is 58.5 Å². The average Bonchev–Trinajstić information content (AvgIpc) is 2.66. The summed E-state index contributed by atoms with van der Waals surface area (Å²) in [6.07, 6.45) is 0.298. The third-order valence-electron chi connectivity index (χ3n) is 1.77. The summed E-state index contributed by atoms with van der Waals surface area (Å²) in [7, 11) is 0. The molecule has 1 aromatic heterocycles. The minimum absolute atomic E-state index is 0.147. The van der Waals surface area contributed by atoms with Gasteiger partial charge in [0.15, 0.2) is 5.78 Å². The standard InChI is InChI=1S/C10H12N2O2S/c1-7(8(2)13)11-12-10(14)6-9-4-3-5-15-9/h3-5H,6H2,1-2H3,(H,12,14)/b11-7-. The number of Topliss-reactive ketones (excluding diaryl/α,β-unsaturated/α-hetero) is 1. The molecule has 0 bridgehead atoms. The quantitative estimate of drug-likeness (QED) is 0.620. The minimum atomic E-state index is -0.210. The van der Waals surface area contributed by atoms with Gasteiger partial charge in [0.05, 0.1) is 6.42 Å². The monoisotopic (exact) mass is 224 g/mol. The van der Waals surface area contributed by atoms with Gasteiger partial charge in [0.1, 0.15) is 5.71 Å². The molecule has 0 radical (unpaired) electrons. The second-order valence-electron chi connectivity index (χ2n) is 3.04. The van der Waals surface area contributed by atoms with Crippen LogP contribution in [0.3, 0.4) is 0 Å². The molecule has 1 aromatic rings. The number of hydrazone groups is 1. The molecule has 1 rings (SSSR count). The Morgan fingerprint density at radius 2 is 2.20 bits per heavy atom. The zero-order valence-corrected chi connectivity index (χ0v) is 9.43. The van der Waals surface area contributed by atoms with Crippen molar-refractivity contribution in [3.63, 3.8) is 0 Å². The van der Waals surface area contributed by atoms with E-state index >= 15 is 0 Å². The van der Waals surface area contributed by atoms with Crippen molar-refractivity contribution in [1.82, 2.24) is 5.43 Å². The Hall–Kier alpha value is -1.49. The van der Waals surface area contributed by atoms with Gasteiger partial charge < -0.3 is 0 Å². The number of carbonyl (C=O) groups is 2. The highest BCUT2D eigenvalue weighted by molar-refractivity contribution is 7.10. The molecule has 5 heteroatoms. The number of carbonyl (C=O) groups excluding carboxylic acids is 2. The van der Waals surface area contributed by atoms with E-state index in [1.165, 1.54) is 18.3 Å². The maximum Gasteiger partial charge on any atom is 0.245 e. The first-order valence-corrected chi connectivity index (χ1v) is 5.34. The van der Waals surface area contributed by atoms with Gasteiger partial charge in [-0.25, -0.2) is 5.43 Å². The van der Waals surface area contributed by atoms with Gasteiger partial charge in [-0.05, 0) is 18.4 Å². The van der Waals surface area contributed by atoms with E-state index in [2.05, 4.69) is 10.5 Å². The van der Waals surface area contributed by atoms with E-state index in [0.717, 1.165) is 4.88 Å². The summed E-state index contributed by atoms with van der Waals surface area (Å²) in [5.41, 5.74) is 2.64. The highest BCUT2D eigenvalue weighted by Gasteiger charge is 2.04. The van der Waals surface area contributed by atoms with Crippen LogP contribution in [0.5, 0.6) is 0 Å². The lowest BCUT2D eigenvalue weighted by molar-refractivity contribution is -0.120. The van der Waals surface area contributed by atoms with Crippen molar-refractivity contribution in [3.05, 3.63) is 22.4 Å². The summed E-state index contributed by atoms with van der Waals surface area (Å²) in [6.45, 7) is 2.97. The van der Waals surface area contributed by atoms with Crippen molar-refractivity contribution in [2.24, 2.45) is 5.10 Å². The summed E-state index contributed by atoms with van der Waals surface area (Å²) < 4.78 is 0. The van der Waals surface area contributed by atoms with Gasteiger partial charge in [-0.15, -0.1) is 11.3 Å². The molecule has 1 heterocycles. The first-order valence-electron chi connectivity index (χ1n) is 4.46. The minimum Gasteiger partial charge on any atom is -0.293 e. The predicted molar refractivity (Wildman–Crippen MR) is 60.0 cm³/mol. The van der Waals surface area contributed by atoms with Crippen LogP contribution in [0.25, 0.3) is 0 Å². The number of nitrogens with zero attached hydrogens (tertiary/aromatic N) is 1. The number of hydrogen-bond donors (Lipinski definition) is 1. The molecule has 1 N–H and O–H groups in total. The molecule has 1 amide bonds. The second kappa shape index (κ2) is 5.41. The SMILES string of the molecule is CC(=O)/C(C)=N\NC(=O)Cc1cccs1. The van der Waals surface area contributed by atoms with E-state index in [9.17, 15) is 9.59 Å². The third-order valence-corrected chi connectivity index (χ3v) is 2.65. The van der Waals surface area contributed by atoms with Gasteiger partial charge in [0, 0.05) is 11.8 Å². The van der Waals surface area contributed by atoms with Crippen LogP contribution in [0.4, 0.5) is 0 Å². The van der Waals surface area contributed by atoms with Crippen molar-refractivity contribution < 1.29 is 9.59 Å². The number of rotatable bonds is 4. The lowest BCUT2D eigenvalue weighted by Crippen LogP contribution is -2.22. The number of amides is 1. The van der Waals surface area contributed by atoms with E-state index in [0.29, 0.717) is 12.1 Å². The summed E-state index contributed by atoms with van der Waals surface area (Å²) in [6, 6.07) is 3.77. The van der Waals surface area contributed by atoms with E-state index in [1.807, 2.05) is 17.5 Å². The molecule has 0 unspecified atom stereocenters. The van der Waals surface area contributed by atoms with Crippen molar-refractivity contribution in [1.29, 1.82) is 0 Å². The van der Waals surface area contributed by atoms with Crippen LogP contribution < -0.4 is 5.43 Å². The first kappa shape index (κ1) is 11.6. The molecule has 0 aliphatic carbocycles.